The molecule has 0 amide bonds. The summed E-state index contributed by atoms with van der Waals surface area (Å²) in [5, 5.41) is 11.3. The molecule has 1 saturated carbocycles. The normalized spacial score (nSPS) is 17.6. The van der Waals surface area contributed by atoms with Gasteiger partial charge in [0.2, 0.25) is 0 Å². The fourth-order valence-corrected chi connectivity index (χ4v) is 2.67. The van der Waals surface area contributed by atoms with Gasteiger partial charge in [0.1, 0.15) is 0 Å². The highest BCUT2D eigenvalue weighted by molar-refractivity contribution is 5.85. The molecule has 0 bridgehead atoms. The predicted molar refractivity (Wildman–Crippen MR) is 70.2 cm³/mol. The molecule has 1 aliphatic rings. The third kappa shape index (κ3) is 1.77. The zero-order valence-corrected chi connectivity index (χ0v) is 10.5. The number of rotatable bonds is 3. The zero-order valence-electron chi connectivity index (χ0n) is 10.5. The van der Waals surface area contributed by atoms with Crippen LogP contribution in [0.1, 0.15) is 30.5 Å². The lowest BCUT2D eigenvalue weighted by molar-refractivity contribution is 0.140. The first-order valence-corrected chi connectivity index (χ1v) is 6.36. The fourth-order valence-electron chi connectivity index (χ4n) is 2.67. The van der Waals surface area contributed by atoms with E-state index in [1.807, 2.05) is 0 Å². The van der Waals surface area contributed by atoms with Gasteiger partial charge < -0.3 is 9.67 Å². The van der Waals surface area contributed by atoms with Crippen molar-refractivity contribution in [1.82, 2.24) is 4.57 Å². The number of aromatic nitrogens is 1. The molecule has 1 aromatic carbocycles. The Kier molecular flexibility index (Phi) is 2.30. The topological polar surface area (TPSA) is 25.2 Å². The maximum Gasteiger partial charge on any atom is 0.0653 e. The molecular weight excluding hydrogens is 210 g/mol. The molecule has 2 nitrogen and oxygen atoms in total. The van der Waals surface area contributed by atoms with Crippen molar-refractivity contribution >= 4 is 10.9 Å². The van der Waals surface area contributed by atoms with Crippen LogP contribution in [0, 0.1) is 6.92 Å². The van der Waals surface area contributed by atoms with Crippen molar-refractivity contribution in [1.29, 1.82) is 0 Å². The van der Waals surface area contributed by atoms with Crippen LogP contribution in [0.5, 0.6) is 0 Å². The van der Waals surface area contributed by atoms with Crippen molar-refractivity contribution in [3.05, 3.63) is 35.5 Å². The highest BCUT2D eigenvalue weighted by Gasteiger charge is 2.39. The quantitative estimate of drug-likeness (QED) is 0.860. The molecule has 0 spiro atoms. The number of aryl methyl sites for hydroxylation is 2. The van der Waals surface area contributed by atoms with Crippen LogP contribution in [-0.4, -0.2) is 15.3 Å². The molecule has 0 atom stereocenters. The SMILES string of the molecule is Cc1c(CCC2(O)CC2)c2ccccc2n1C. The molecular formula is C15H19NO. The van der Waals surface area contributed by atoms with Crippen LogP contribution in [0.25, 0.3) is 10.9 Å². The van der Waals surface area contributed by atoms with Crippen LogP contribution in [0.2, 0.25) is 0 Å². The molecule has 2 aromatic rings. The van der Waals surface area contributed by atoms with Gasteiger partial charge in [-0.1, -0.05) is 18.2 Å². The Balaban J connectivity index is 1.99. The zero-order chi connectivity index (χ0) is 12.0. The smallest absolute Gasteiger partial charge is 0.0653 e. The van der Waals surface area contributed by atoms with E-state index in [-0.39, 0.29) is 5.60 Å². The molecule has 0 aliphatic heterocycles. The van der Waals surface area contributed by atoms with Crippen molar-refractivity contribution in [2.24, 2.45) is 7.05 Å². The maximum atomic E-state index is 9.95. The Labute approximate surface area is 102 Å². The second kappa shape index (κ2) is 3.61. The molecule has 0 saturated heterocycles. The van der Waals surface area contributed by atoms with Crippen LogP contribution < -0.4 is 0 Å². The molecule has 1 N–H and O–H groups in total. The Morgan fingerprint density at radius 1 is 1.29 bits per heavy atom. The molecule has 0 radical (unpaired) electrons. The number of nitrogens with zero attached hydrogens (tertiary/aromatic N) is 1. The second-order valence-electron chi connectivity index (χ2n) is 5.36. The summed E-state index contributed by atoms with van der Waals surface area (Å²) in [6.45, 7) is 2.17. The second-order valence-corrected chi connectivity index (χ2v) is 5.36. The number of para-hydroxylation sites is 1. The highest BCUT2D eigenvalue weighted by Crippen LogP contribution is 2.40. The lowest BCUT2D eigenvalue weighted by Crippen LogP contribution is -2.08. The molecule has 1 aliphatic carbocycles. The van der Waals surface area contributed by atoms with Crippen molar-refractivity contribution in [2.75, 3.05) is 0 Å². The monoisotopic (exact) mass is 229 g/mol. The highest BCUT2D eigenvalue weighted by atomic mass is 16.3. The van der Waals surface area contributed by atoms with Gasteiger partial charge in [0.15, 0.2) is 0 Å². The number of fused-ring (bicyclic) bond motifs is 1. The van der Waals surface area contributed by atoms with Gasteiger partial charge in [-0.05, 0) is 44.2 Å². The van der Waals surface area contributed by atoms with E-state index in [0.29, 0.717) is 0 Å². The minimum atomic E-state index is -0.344. The van der Waals surface area contributed by atoms with Crippen LogP contribution >= 0.6 is 0 Å². The van der Waals surface area contributed by atoms with E-state index >= 15 is 0 Å². The Morgan fingerprint density at radius 3 is 2.71 bits per heavy atom. The van der Waals surface area contributed by atoms with E-state index in [1.54, 1.807) is 0 Å². The number of benzene rings is 1. The first-order valence-electron chi connectivity index (χ1n) is 6.36. The maximum absolute atomic E-state index is 9.95. The van der Waals surface area contributed by atoms with E-state index in [2.05, 4.69) is 42.8 Å². The largest absolute Gasteiger partial charge is 0.390 e. The number of hydrogen-bond donors (Lipinski definition) is 1. The van der Waals surface area contributed by atoms with Gasteiger partial charge in [-0.25, -0.2) is 0 Å². The van der Waals surface area contributed by atoms with E-state index in [9.17, 15) is 5.11 Å². The number of aliphatic hydroxyl groups is 1. The summed E-state index contributed by atoms with van der Waals surface area (Å²) in [5.74, 6) is 0. The van der Waals surface area contributed by atoms with Crippen molar-refractivity contribution in [2.45, 2.75) is 38.2 Å². The number of hydrogen-bond acceptors (Lipinski definition) is 1. The van der Waals surface area contributed by atoms with Crippen LogP contribution in [0.3, 0.4) is 0 Å². The molecule has 17 heavy (non-hydrogen) atoms. The Morgan fingerprint density at radius 2 is 2.00 bits per heavy atom. The molecule has 1 heterocycles. The van der Waals surface area contributed by atoms with Crippen molar-refractivity contribution in [3.8, 4) is 0 Å². The van der Waals surface area contributed by atoms with Crippen molar-refractivity contribution in [3.63, 3.8) is 0 Å². The summed E-state index contributed by atoms with van der Waals surface area (Å²) < 4.78 is 2.25. The molecule has 3 rings (SSSR count). The van der Waals surface area contributed by atoms with Crippen LogP contribution in [-0.2, 0) is 13.5 Å². The molecule has 1 aromatic heterocycles. The molecule has 2 heteroatoms. The first-order chi connectivity index (χ1) is 8.11. The van der Waals surface area contributed by atoms with Crippen LogP contribution in [0.15, 0.2) is 24.3 Å². The van der Waals surface area contributed by atoms with Gasteiger partial charge in [0.05, 0.1) is 5.60 Å². The van der Waals surface area contributed by atoms with E-state index in [1.165, 1.54) is 22.2 Å². The van der Waals surface area contributed by atoms with Gasteiger partial charge in [0.25, 0.3) is 0 Å². The summed E-state index contributed by atoms with van der Waals surface area (Å²) >= 11 is 0. The van der Waals surface area contributed by atoms with Crippen LogP contribution in [0.4, 0.5) is 0 Å². The third-order valence-corrected chi connectivity index (χ3v) is 4.20. The standard InChI is InChI=1S/C15H19NO/c1-11-12(7-8-15(17)9-10-15)13-5-3-4-6-14(13)16(11)2/h3-6,17H,7-10H2,1-2H3. The van der Waals surface area contributed by atoms with Gasteiger partial charge in [-0.15, -0.1) is 0 Å². The van der Waals surface area contributed by atoms with Gasteiger partial charge in [-0.2, -0.15) is 0 Å². The average Bonchev–Trinajstić information content (AvgIpc) is 3.01. The molecule has 1 fully saturated rings. The van der Waals surface area contributed by atoms with E-state index in [0.717, 1.165) is 25.7 Å². The molecule has 90 valence electrons. The Bertz CT molecular complexity index is 564. The third-order valence-electron chi connectivity index (χ3n) is 4.20. The predicted octanol–water partition coefficient (Wildman–Crippen LogP) is 2.94. The summed E-state index contributed by atoms with van der Waals surface area (Å²) in [6.07, 6.45) is 3.86. The minimum absolute atomic E-state index is 0.344. The van der Waals surface area contributed by atoms with Gasteiger partial charge in [-0.3, -0.25) is 0 Å². The average molecular weight is 229 g/mol. The van der Waals surface area contributed by atoms with Gasteiger partial charge >= 0.3 is 0 Å². The Hall–Kier alpha value is -1.28. The molecule has 0 unspecified atom stereocenters. The van der Waals surface area contributed by atoms with E-state index < -0.39 is 0 Å². The summed E-state index contributed by atoms with van der Waals surface area (Å²) in [4.78, 5) is 0. The first kappa shape index (κ1) is 10.8. The lowest BCUT2D eigenvalue weighted by Gasteiger charge is -2.07. The van der Waals surface area contributed by atoms with E-state index in [4.69, 9.17) is 0 Å². The van der Waals surface area contributed by atoms with Crippen molar-refractivity contribution < 1.29 is 5.11 Å². The fraction of sp³-hybridized carbons (Fsp3) is 0.467. The minimum Gasteiger partial charge on any atom is -0.390 e. The van der Waals surface area contributed by atoms with Gasteiger partial charge in [0, 0.05) is 23.6 Å². The summed E-state index contributed by atoms with van der Waals surface area (Å²) in [6, 6.07) is 8.53. The lowest BCUT2D eigenvalue weighted by atomic mass is 10.0. The summed E-state index contributed by atoms with van der Waals surface area (Å²) in [7, 11) is 2.12. The summed E-state index contributed by atoms with van der Waals surface area (Å²) in [5.41, 5.74) is 3.69.